The van der Waals surface area contributed by atoms with Gasteiger partial charge < -0.3 is 44.8 Å². The van der Waals surface area contributed by atoms with Gasteiger partial charge in [0.25, 0.3) is 0 Å². The average Bonchev–Trinajstić information content (AvgIpc) is 4.00. The molecule has 17 heteroatoms. The van der Waals surface area contributed by atoms with Crippen molar-refractivity contribution in [1.29, 1.82) is 0 Å². The Morgan fingerprint density at radius 1 is 0.719 bits per heavy atom. The SMILES string of the molecule is COC(=O)NC(C(=O)N1CCCC1c1ncc(-c2cc(F)c(N3CCC(c4cnc(C5CCCCN5C(=O)C(NC(=O)OC)C(C)C)[nH]4)CC3)c(F)c2)[nH]1)C(C)C. The van der Waals surface area contributed by atoms with E-state index in [9.17, 15) is 19.2 Å². The number of methoxy groups -OCH3 is 2. The largest absolute Gasteiger partial charge is 0.453 e. The number of amides is 4. The molecule has 5 heterocycles. The molecule has 4 atom stereocenters. The van der Waals surface area contributed by atoms with Gasteiger partial charge in [-0.3, -0.25) is 9.59 Å². The van der Waals surface area contributed by atoms with E-state index in [2.05, 4.69) is 25.6 Å². The Kier molecular flexibility index (Phi) is 13.0. The smallest absolute Gasteiger partial charge is 0.407 e. The van der Waals surface area contributed by atoms with Crippen LogP contribution in [0.15, 0.2) is 24.5 Å². The highest BCUT2D eigenvalue weighted by atomic mass is 19.1. The van der Waals surface area contributed by atoms with E-state index in [1.807, 2.05) is 27.7 Å². The molecule has 3 fully saturated rings. The monoisotopic (exact) mass is 795 g/mol. The fourth-order valence-electron chi connectivity index (χ4n) is 8.37. The number of imidazole rings is 2. The third kappa shape index (κ3) is 9.01. The minimum atomic E-state index is -0.781. The van der Waals surface area contributed by atoms with Crippen LogP contribution in [0, 0.1) is 23.5 Å². The molecule has 2 aromatic heterocycles. The van der Waals surface area contributed by atoms with Crippen molar-refractivity contribution in [3.63, 3.8) is 0 Å². The number of hydrogen-bond acceptors (Lipinski definition) is 9. The summed E-state index contributed by atoms with van der Waals surface area (Å²) >= 11 is 0. The van der Waals surface area contributed by atoms with Crippen molar-refractivity contribution in [2.45, 2.75) is 103 Å². The van der Waals surface area contributed by atoms with Gasteiger partial charge in [0.1, 0.15) is 41.1 Å². The zero-order valence-corrected chi connectivity index (χ0v) is 33.6. The third-order valence-electron chi connectivity index (χ3n) is 11.5. The lowest BCUT2D eigenvalue weighted by Gasteiger charge is -2.37. The first-order valence-electron chi connectivity index (χ1n) is 19.9. The number of piperidine rings is 2. The second-order valence-electron chi connectivity index (χ2n) is 15.9. The summed E-state index contributed by atoms with van der Waals surface area (Å²) in [5.74, 6) is -0.829. The van der Waals surface area contributed by atoms with Crippen LogP contribution < -0.4 is 15.5 Å². The molecule has 4 unspecified atom stereocenters. The number of halogens is 2. The van der Waals surface area contributed by atoms with E-state index in [0.717, 1.165) is 31.4 Å². The predicted molar refractivity (Wildman–Crippen MR) is 207 cm³/mol. The van der Waals surface area contributed by atoms with Gasteiger partial charge in [0.15, 0.2) is 0 Å². The van der Waals surface area contributed by atoms with Crippen molar-refractivity contribution in [3.05, 3.63) is 53.5 Å². The summed E-state index contributed by atoms with van der Waals surface area (Å²) in [4.78, 5) is 72.2. The predicted octanol–water partition coefficient (Wildman–Crippen LogP) is 5.94. The van der Waals surface area contributed by atoms with Gasteiger partial charge in [-0.2, -0.15) is 0 Å². The number of carbonyl (C=O) groups is 4. The maximum atomic E-state index is 15.8. The Labute approximate surface area is 331 Å². The van der Waals surface area contributed by atoms with Crippen LogP contribution in [0.4, 0.5) is 24.1 Å². The van der Waals surface area contributed by atoms with Crippen LogP contribution in [0.1, 0.15) is 108 Å². The molecular weight excluding hydrogens is 740 g/mol. The number of nitrogens with one attached hydrogen (secondary N) is 4. The lowest BCUT2D eigenvalue weighted by Crippen LogP contribution is -2.53. The fraction of sp³-hybridized carbons (Fsp3) is 0.600. The van der Waals surface area contributed by atoms with E-state index in [0.29, 0.717) is 68.3 Å². The number of H-pyrrole nitrogens is 2. The van der Waals surface area contributed by atoms with Crippen molar-refractivity contribution < 1.29 is 37.4 Å². The number of alkyl carbamates (subject to hydrolysis) is 2. The second kappa shape index (κ2) is 17.9. The summed E-state index contributed by atoms with van der Waals surface area (Å²) in [7, 11) is 2.52. The number of aromatic amines is 2. The average molecular weight is 796 g/mol. The molecule has 6 rings (SSSR count). The van der Waals surface area contributed by atoms with Crippen LogP contribution in [0.25, 0.3) is 11.3 Å². The molecule has 3 aromatic rings. The van der Waals surface area contributed by atoms with Crippen LogP contribution in [-0.2, 0) is 19.1 Å². The summed E-state index contributed by atoms with van der Waals surface area (Å²) in [6.07, 6.45) is 7.18. The summed E-state index contributed by atoms with van der Waals surface area (Å²) in [5.41, 5.74) is 1.56. The molecule has 3 aliphatic rings. The highest BCUT2D eigenvalue weighted by molar-refractivity contribution is 5.87. The van der Waals surface area contributed by atoms with E-state index in [-0.39, 0.29) is 47.3 Å². The molecule has 0 bridgehead atoms. The molecule has 4 N–H and O–H groups in total. The standard InChI is InChI=1S/C40H55F2N9O6/c1-22(2)32(47-39(54)56-5)37(52)50-14-8-7-10-30(50)35-43-20-28(45-35)24-12-16-49(17-13-24)34-26(41)18-25(19-27(34)42)29-21-44-36(46-29)31-11-9-15-51(31)38(53)33(23(3)4)48-40(55)57-6/h18-24,30-33H,7-17H2,1-6H3,(H,43,45)(H,44,46)(H,47,54)(H,48,55). The Hall–Kier alpha value is -5.22. The maximum Gasteiger partial charge on any atom is 0.407 e. The topological polar surface area (TPSA) is 178 Å². The zero-order valence-electron chi connectivity index (χ0n) is 33.6. The quantitative estimate of drug-likeness (QED) is 0.183. The van der Waals surface area contributed by atoms with Gasteiger partial charge in [0.2, 0.25) is 11.8 Å². The van der Waals surface area contributed by atoms with Crippen LogP contribution in [0.3, 0.4) is 0 Å². The normalized spacial score (nSPS) is 20.1. The van der Waals surface area contributed by atoms with Crippen LogP contribution in [-0.4, -0.2) is 106 Å². The van der Waals surface area contributed by atoms with E-state index in [1.165, 1.54) is 32.5 Å². The molecule has 0 radical (unpaired) electrons. The van der Waals surface area contributed by atoms with Crippen molar-refractivity contribution in [3.8, 4) is 11.3 Å². The van der Waals surface area contributed by atoms with Crippen molar-refractivity contribution in [1.82, 2.24) is 40.4 Å². The minimum absolute atomic E-state index is 0.0794. The fourth-order valence-corrected chi connectivity index (χ4v) is 8.37. The second-order valence-corrected chi connectivity index (χ2v) is 15.9. The number of rotatable bonds is 11. The van der Waals surface area contributed by atoms with Gasteiger partial charge in [0.05, 0.1) is 38.2 Å². The van der Waals surface area contributed by atoms with E-state index >= 15 is 8.78 Å². The molecule has 57 heavy (non-hydrogen) atoms. The number of nitrogens with zero attached hydrogens (tertiary/aromatic N) is 5. The van der Waals surface area contributed by atoms with Gasteiger partial charge >= 0.3 is 12.2 Å². The highest BCUT2D eigenvalue weighted by Gasteiger charge is 2.39. The number of aromatic nitrogens is 4. The number of ether oxygens (including phenoxy) is 2. The molecule has 3 saturated heterocycles. The first kappa shape index (κ1) is 41.4. The summed E-state index contributed by atoms with van der Waals surface area (Å²) < 4.78 is 41.1. The van der Waals surface area contributed by atoms with E-state index < -0.39 is 35.9 Å². The number of benzene rings is 1. The molecule has 0 saturated carbocycles. The van der Waals surface area contributed by atoms with Crippen molar-refractivity contribution in [2.75, 3.05) is 45.3 Å². The molecule has 15 nitrogen and oxygen atoms in total. The minimum Gasteiger partial charge on any atom is -0.453 e. The molecule has 0 spiro atoms. The molecule has 310 valence electrons. The molecule has 4 amide bonds. The highest BCUT2D eigenvalue weighted by Crippen LogP contribution is 2.37. The summed E-state index contributed by atoms with van der Waals surface area (Å²) in [6, 6.07) is 0.447. The Bertz CT molecular complexity index is 1890. The van der Waals surface area contributed by atoms with Crippen molar-refractivity contribution in [2.24, 2.45) is 11.8 Å². The molecule has 0 aliphatic carbocycles. The summed E-state index contributed by atoms with van der Waals surface area (Å²) in [5, 5.41) is 5.32. The number of carbonyl (C=O) groups excluding carboxylic acids is 4. The van der Waals surface area contributed by atoms with Gasteiger partial charge in [-0.1, -0.05) is 27.7 Å². The van der Waals surface area contributed by atoms with Crippen molar-refractivity contribution >= 4 is 29.7 Å². The first-order chi connectivity index (χ1) is 27.3. The van der Waals surface area contributed by atoms with Gasteiger partial charge in [-0.05, 0) is 68.9 Å². The molecular formula is C40H55F2N9O6. The van der Waals surface area contributed by atoms with E-state index in [4.69, 9.17) is 14.5 Å². The lowest BCUT2D eigenvalue weighted by molar-refractivity contribution is -0.138. The number of hydrogen-bond donors (Lipinski definition) is 4. The molecule has 3 aliphatic heterocycles. The van der Waals surface area contributed by atoms with Gasteiger partial charge in [-0.25, -0.2) is 28.3 Å². The lowest BCUT2D eigenvalue weighted by atomic mass is 9.93. The Morgan fingerprint density at radius 2 is 1.23 bits per heavy atom. The number of anilines is 1. The summed E-state index contributed by atoms with van der Waals surface area (Å²) in [6.45, 7) is 9.34. The first-order valence-corrected chi connectivity index (χ1v) is 19.9. The zero-order chi connectivity index (χ0) is 41.0. The third-order valence-corrected chi connectivity index (χ3v) is 11.5. The maximum absolute atomic E-state index is 15.8. The van der Waals surface area contributed by atoms with Crippen LogP contribution in [0.5, 0.6) is 0 Å². The van der Waals surface area contributed by atoms with Crippen LogP contribution in [0.2, 0.25) is 0 Å². The molecule has 1 aromatic carbocycles. The Balaban J connectivity index is 1.10. The van der Waals surface area contributed by atoms with Gasteiger partial charge in [-0.15, -0.1) is 0 Å². The van der Waals surface area contributed by atoms with Gasteiger partial charge in [0, 0.05) is 49.6 Å². The van der Waals surface area contributed by atoms with E-state index in [1.54, 1.807) is 20.9 Å². The Morgan fingerprint density at radius 3 is 1.77 bits per heavy atom. The van der Waals surface area contributed by atoms with Crippen LogP contribution >= 0.6 is 0 Å². The number of likely N-dealkylation sites (tertiary alicyclic amines) is 2.